The summed E-state index contributed by atoms with van der Waals surface area (Å²) in [5, 5.41) is 0.268. The van der Waals surface area contributed by atoms with Gasteiger partial charge in [0, 0.05) is 12.8 Å². The van der Waals surface area contributed by atoms with E-state index in [9.17, 15) is 4.79 Å². The zero-order valence-electron chi connectivity index (χ0n) is 25.9. The number of Topliss-reactive ketones (excluding diaryl/α,β-unsaturated/α-hetero) is 1. The van der Waals surface area contributed by atoms with Crippen LogP contribution in [0.2, 0.25) is 36.3 Å². The second-order valence-corrected chi connectivity index (χ2v) is 23.4. The van der Waals surface area contributed by atoms with Crippen LogP contribution < -0.4 is 0 Å². The molecule has 0 aromatic heterocycles. The predicted octanol–water partition coefficient (Wildman–Crippen LogP) is 8.18. The van der Waals surface area contributed by atoms with E-state index in [0.717, 1.165) is 17.6 Å². The minimum absolute atomic E-state index is 0.0197. The molecule has 1 rings (SSSR count). The molecule has 0 aromatic carbocycles. The van der Waals surface area contributed by atoms with Gasteiger partial charge in [0.15, 0.2) is 28.2 Å². The Morgan fingerprint density at radius 1 is 0.917 bits per heavy atom. The van der Waals surface area contributed by atoms with E-state index in [1.54, 1.807) is 0 Å². The van der Waals surface area contributed by atoms with Crippen molar-refractivity contribution in [3.63, 3.8) is 0 Å². The number of ether oxygens (including phenoxy) is 2. The summed E-state index contributed by atoms with van der Waals surface area (Å²) >= 11 is 0. The molecule has 1 saturated heterocycles. The summed E-state index contributed by atoms with van der Waals surface area (Å²) in [4.78, 5) is 13.0. The molecule has 0 unspecified atom stereocenters. The number of rotatable bonds is 12. The number of ketones is 1. The second kappa shape index (κ2) is 12.5. The summed E-state index contributed by atoms with van der Waals surface area (Å²) in [5.74, 6) is -0.456. The van der Waals surface area contributed by atoms with E-state index < -0.39 is 22.4 Å². The van der Waals surface area contributed by atoms with E-state index >= 15 is 0 Å². The monoisotopic (exact) mass is 540 g/mol. The van der Waals surface area contributed by atoms with E-state index in [-0.39, 0.29) is 22.0 Å². The largest absolute Gasteiger partial charge is 0.413 e. The topological polar surface area (TPSA) is 54.0 Å². The minimum Gasteiger partial charge on any atom is -0.413 e. The van der Waals surface area contributed by atoms with Crippen LogP contribution >= 0.6 is 0 Å². The molecule has 0 radical (unpaired) electrons. The summed E-state index contributed by atoms with van der Waals surface area (Å²) in [6.07, 6.45) is 3.80. The van der Waals surface area contributed by atoms with E-state index in [4.69, 9.17) is 18.3 Å². The Labute approximate surface area is 224 Å². The minimum atomic E-state index is -1.99. The molecule has 1 aliphatic rings. The van der Waals surface area contributed by atoms with Crippen molar-refractivity contribution < 1.29 is 23.1 Å². The highest BCUT2D eigenvalue weighted by Crippen LogP contribution is 2.40. The SMILES string of the molecule is C/C(=C\CO[Si](C)(C)C(C)(C)C)C(=O)C/C(C)=C(\C)C[C@@H](CC1(C)OCCO1)O[Si](C)(C)C(C)(C)C. The zero-order valence-corrected chi connectivity index (χ0v) is 27.9. The maximum absolute atomic E-state index is 13.0. The lowest BCUT2D eigenvalue weighted by molar-refractivity contribution is -0.161. The Morgan fingerprint density at radius 2 is 1.42 bits per heavy atom. The number of carbonyl (C=O) groups is 1. The standard InChI is InChI=1S/C29H56O5Si2/c1-22(15-16-33-35(11,12)27(4,5)6)26(30)20-24(3)23(2)19-25(21-29(10)31-17-18-32-29)34-36(13,14)28(7,8)9/h15,25H,16-21H2,1-14H3/b22-15+,24-23+/t25-/m0/s1. The fourth-order valence-electron chi connectivity index (χ4n) is 3.59. The molecule has 0 aromatic rings. The van der Waals surface area contributed by atoms with Crippen LogP contribution in [0.5, 0.6) is 0 Å². The molecule has 0 amide bonds. The lowest BCUT2D eigenvalue weighted by atomic mass is 9.96. The third kappa shape index (κ3) is 9.95. The normalized spacial score (nSPS) is 19.3. The smallest absolute Gasteiger partial charge is 0.192 e. The van der Waals surface area contributed by atoms with Crippen LogP contribution in [-0.2, 0) is 23.1 Å². The molecule has 1 atom stereocenters. The Bertz CT molecular complexity index is 807. The molecule has 210 valence electrons. The summed E-state index contributed by atoms with van der Waals surface area (Å²) in [7, 11) is -3.82. The summed E-state index contributed by atoms with van der Waals surface area (Å²) < 4.78 is 24.9. The van der Waals surface area contributed by atoms with Gasteiger partial charge >= 0.3 is 0 Å². The Morgan fingerprint density at radius 3 is 1.89 bits per heavy atom. The van der Waals surface area contributed by atoms with Crippen molar-refractivity contribution in [1.29, 1.82) is 0 Å². The van der Waals surface area contributed by atoms with Crippen molar-refractivity contribution in [3.8, 4) is 0 Å². The number of allylic oxidation sites excluding steroid dienone is 2. The maximum atomic E-state index is 13.0. The highest BCUT2D eigenvalue weighted by molar-refractivity contribution is 6.74. The third-order valence-electron chi connectivity index (χ3n) is 8.53. The summed E-state index contributed by atoms with van der Waals surface area (Å²) in [6, 6.07) is 0. The van der Waals surface area contributed by atoms with Crippen LogP contribution in [0.25, 0.3) is 0 Å². The molecule has 0 bridgehead atoms. The Kier molecular flexibility index (Phi) is 11.6. The molecular weight excluding hydrogens is 484 g/mol. The number of hydrogen-bond acceptors (Lipinski definition) is 5. The van der Waals surface area contributed by atoms with E-state index in [1.807, 2.05) is 19.9 Å². The number of carbonyl (C=O) groups excluding carboxylic acids is 1. The average molecular weight is 541 g/mol. The molecule has 1 fully saturated rings. The van der Waals surface area contributed by atoms with Gasteiger partial charge in [-0.25, -0.2) is 0 Å². The predicted molar refractivity (Wildman–Crippen MR) is 157 cm³/mol. The van der Waals surface area contributed by atoms with Gasteiger partial charge in [-0.15, -0.1) is 0 Å². The highest BCUT2D eigenvalue weighted by Gasteiger charge is 2.42. The van der Waals surface area contributed by atoms with Gasteiger partial charge in [0.2, 0.25) is 0 Å². The summed E-state index contributed by atoms with van der Waals surface area (Å²) in [6.45, 7) is 32.4. The first kappa shape index (κ1) is 33.5. The van der Waals surface area contributed by atoms with E-state index in [2.05, 4.69) is 81.6 Å². The molecule has 7 heteroatoms. The van der Waals surface area contributed by atoms with Gasteiger partial charge in [-0.05, 0) is 76.0 Å². The van der Waals surface area contributed by atoms with Crippen molar-refractivity contribution in [2.24, 2.45) is 0 Å². The van der Waals surface area contributed by atoms with Crippen molar-refractivity contribution in [2.75, 3.05) is 19.8 Å². The molecule has 1 aliphatic heterocycles. The quantitative estimate of drug-likeness (QED) is 0.142. The lowest BCUT2D eigenvalue weighted by Gasteiger charge is -2.41. The average Bonchev–Trinajstić information content (AvgIpc) is 3.11. The molecule has 1 heterocycles. The maximum Gasteiger partial charge on any atom is 0.192 e. The van der Waals surface area contributed by atoms with Crippen LogP contribution in [0, 0.1) is 0 Å². The van der Waals surface area contributed by atoms with Crippen LogP contribution in [0.4, 0.5) is 0 Å². The van der Waals surface area contributed by atoms with Crippen molar-refractivity contribution in [3.05, 3.63) is 22.8 Å². The summed E-state index contributed by atoms with van der Waals surface area (Å²) in [5.41, 5.74) is 3.09. The fraction of sp³-hybridized carbons (Fsp3) is 0.828. The highest BCUT2D eigenvalue weighted by atomic mass is 28.4. The second-order valence-electron chi connectivity index (χ2n) is 13.9. The van der Waals surface area contributed by atoms with Gasteiger partial charge in [-0.3, -0.25) is 4.79 Å². The van der Waals surface area contributed by atoms with Crippen molar-refractivity contribution >= 4 is 22.4 Å². The van der Waals surface area contributed by atoms with E-state index in [0.29, 0.717) is 32.7 Å². The van der Waals surface area contributed by atoms with Gasteiger partial charge in [0.1, 0.15) is 0 Å². The first-order valence-corrected chi connectivity index (χ1v) is 19.4. The van der Waals surface area contributed by atoms with Crippen molar-refractivity contribution in [2.45, 2.75) is 137 Å². The van der Waals surface area contributed by atoms with Crippen LogP contribution in [0.3, 0.4) is 0 Å². The third-order valence-corrected chi connectivity index (χ3v) is 17.6. The van der Waals surface area contributed by atoms with Gasteiger partial charge in [0.05, 0.1) is 25.9 Å². The molecule has 36 heavy (non-hydrogen) atoms. The fourth-order valence-corrected chi connectivity index (χ4v) is 5.88. The van der Waals surface area contributed by atoms with Gasteiger partial charge in [0.25, 0.3) is 0 Å². The lowest BCUT2D eigenvalue weighted by Crippen LogP contribution is -2.46. The molecule has 5 nitrogen and oxygen atoms in total. The van der Waals surface area contributed by atoms with Gasteiger partial charge < -0.3 is 18.3 Å². The molecule has 0 spiro atoms. The van der Waals surface area contributed by atoms with Crippen LogP contribution in [0.1, 0.15) is 88.5 Å². The zero-order chi connectivity index (χ0) is 28.2. The van der Waals surface area contributed by atoms with Gasteiger partial charge in [-0.2, -0.15) is 0 Å². The van der Waals surface area contributed by atoms with Crippen LogP contribution in [0.15, 0.2) is 22.8 Å². The molecule has 0 N–H and O–H groups in total. The Balaban J connectivity index is 2.93. The molecular formula is C29H56O5Si2. The molecule has 0 aliphatic carbocycles. The Hall–Kier alpha value is -0.576. The van der Waals surface area contributed by atoms with Crippen molar-refractivity contribution in [1.82, 2.24) is 0 Å². The first-order chi connectivity index (χ1) is 16.1. The number of hydrogen-bond donors (Lipinski definition) is 0. The van der Waals surface area contributed by atoms with Gasteiger partial charge in [-0.1, -0.05) is 58.8 Å². The first-order valence-electron chi connectivity index (χ1n) is 13.5. The van der Waals surface area contributed by atoms with Crippen LogP contribution in [-0.4, -0.2) is 54.1 Å². The van der Waals surface area contributed by atoms with E-state index in [1.165, 1.54) is 5.57 Å². The molecule has 0 saturated carbocycles.